The van der Waals surface area contributed by atoms with Crippen LogP contribution in [0.4, 0.5) is 0 Å². The number of ether oxygens (including phenoxy) is 1. The van der Waals surface area contributed by atoms with E-state index in [0.717, 1.165) is 35.2 Å². The minimum absolute atomic E-state index is 0.00939. The summed E-state index contributed by atoms with van der Waals surface area (Å²) in [4.78, 5) is 20.0. The fourth-order valence-corrected chi connectivity index (χ4v) is 3.84. The summed E-state index contributed by atoms with van der Waals surface area (Å²) in [6.07, 6.45) is 0.514. The summed E-state index contributed by atoms with van der Waals surface area (Å²) in [6, 6.07) is 0. The number of carbonyl (C=O) groups excluding carboxylic acids is 1. The molecule has 0 bridgehead atoms. The monoisotopic (exact) mass is 339 g/mol. The van der Waals surface area contributed by atoms with Crippen LogP contribution in [0.5, 0.6) is 0 Å². The fourth-order valence-electron chi connectivity index (χ4n) is 2.80. The first kappa shape index (κ1) is 18.4. The lowest BCUT2D eigenvalue weighted by Gasteiger charge is -2.35. The van der Waals surface area contributed by atoms with Gasteiger partial charge in [0.05, 0.1) is 22.9 Å². The number of nitrogens with zero attached hydrogens (tertiary/aromatic N) is 2. The number of hydrogen-bond acceptors (Lipinski definition) is 5. The Kier molecular flexibility index (Phi) is 5.81. The van der Waals surface area contributed by atoms with Crippen molar-refractivity contribution in [3.8, 4) is 0 Å². The van der Waals surface area contributed by atoms with Crippen molar-refractivity contribution in [1.82, 2.24) is 15.2 Å². The van der Waals surface area contributed by atoms with Gasteiger partial charge in [-0.05, 0) is 20.8 Å². The first-order chi connectivity index (χ1) is 10.7. The highest BCUT2D eigenvalue weighted by Crippen LogP contribution is 2.29. The molecule has 0 unspecified atom stereocenters. The normalized spacial score (nSPS) is 23.0. The zero-order chi connectivity index (χ0) is 17.2. The average molecular weight is 340 g/mol. The van der Waals surface area contributed by atoms with E-state index in [1.165, 1.54) is 11.3 Å². The third-order valence-corrected chi connectivity index (χ3v) is 5.44. The molecule has 2 heterocycles. The lowest BCUT2D eigenvalue weighted by Crippen LogP contribution is -2.47. The van der Waals surface area contributed by atoms with Gasteiger partial charge in [-0.1, -0.05) is 20.8 Å². The molecule has 0 spiro atoms. The summed E-state index contributed by atoms with van der Waals surface area (Å²) < 4.78 is 5.73. The molecule has 1 aliphatic rings. The summed E-state index contributed by atoms with van der Waals surface area (Å²) in [5.74, 6) is -0.00939. The quantitative estimate of drug-likeness (QED) is 0.916. The molecular formula is C17H29N3O2S. The number of aryl methyl sites for hydroxylation is 1. The number of amides is 1. The van der Waals surface area contributed by atoms with Gasteiger partial charge in [-0.25, -0.2) is 4.98 Å². The largest absolute Gasteiger partial charge is 0.373 e. The van der Waals surface area contributed by atoms with Gasteiger partial charge in [-0.2, -0.15) is 0 Å². The second-order valence-corrected chi connectivity index (χ2v) is 8.46. The van der Waals surface area contributed by atoms with Crippen LogP contribution in [-0.2, 0) is 10.2 Å². The van der Waals surface area contributed by atoms with E-state index in [9.17, 15) is 4.79 Å². The average Bonchev–Trinajstić information content (AvgIpc) is 2.79. The molecular weight excluding hydrogens is 310 g/mol. The molecule has 2 atom stereocenters. The number of thiazole rings is 1. The van der Waals surface area contributed by atoms with Crippen molar-refractivity contribution >= 4 is 17.2 Å². The van der Waals surface area contributed by atoms with Gasteiger partial charge in [0.25, 0.3) is 5.91 Å². The summed E-state index contributed by atoms with van der Waals surface area (Å²) in [5.41, 5.74) is 0.805. The maximum absolute atomic E-state index is 12.4. The zero-order valence-corrected chi connectivity index (χ0v) is 15.9. The Labute approximate surface area is 143 Å². The SMILES string of the molecule is Cc1nc(C(C)(C)C)sc1C(=O)NCCN1C[C@@H](C)O[C@H](C)C1. The molecule has 0 saturated carbocycles. The Morgan fingerprint density at radius 3 is 2.48 bits per heavy atom. The topological polar surface area (TPSA) is 54.5 Å². The summed E-state index contributed by atoms with van der Waals surface area (Å²) in [6.45, 7) is 15.8. The molecule has 1 fully saturated rings. The highest BCUT2D eigenvalue weighted by molar-refractivity contribution is 7.14. The maximum atomic E-state index is 12.4. The molecule has 2 rings (SSSR count). The summed E-state index contributed by atoms with van der Waals surface area (Å²) >= 11 is 1.50. The molecule has 1 amide bonds. The van der Waals surface area contributed by atoms with Crippen LogP contribution in [0.15, 0.2) is 0 Å². The maximum Gasteiger partial charge on any atom is 0.263 e. The van der Waals surface area contributed by atoms with E-state index in [2.05, 4.69) is 49.8 Å². The number of nitrogens with one attached hydrogen (secondary N) is 1. The van der Waals surface area contributed by atoms with Crippen molar-refractivity contribution in [1.29, 1.82) is 0 Å². The molecule has 130 valence electrons. The van der Waals surface area contributed by atoms with Gasteiger partial charge in [0.1, 0.15) is 4.88 Å². The molecule has 1 N–H and O–H groups in total. The van der Waals surface area contributed by atoms with Crippen LogP contribution < -0.4 is 5.32 Å². The second kappa shape index (κ2) is 7.28. The van der Waals surface area contributed by atoms with Crippen LogP contribution in [0.2, 0.25) is 0 Å². The molecule has 0 aromatic carbocycles. The number of aromatic nitrogens is 1. The van der Waals surface area contributed by atoms with E-state index in [4.69, 9.17) is 4.74 Å². The van der Waals surface area contributed by atoms with Gasteiger partial charge in [0.2, 0.25) is 0 Å². The molecule has 23 heavy (non-hydrogen) atoms. The van der Waals surface area contributed by atoms with Crippen molar-refractivity contribution in [2.24, 2.45) is 0 Å². The molecule has 6 heteroatoms. The highest BCUT2D eigenvalue weighted by atomic mass is 32.1. The Morgan fingerprint density at radius 2 is 1.96 bits per heavy atom. The lowest BCUT2D eigenvalue weighted by molar-refractivity contribution is -0.0672. The van der Waals surface area contributed by atoms with Crippen LogP contribution in [0.1, 0.15) is 55.0 Å². The van der Waals surface area contributed by atoms with E-state index < -0.39 is 0 Å². The van der Waals surface area contributed by atoms with E-state index in [1.807, 2.05) is 6.92 Å². The van der Waals surface area contributed by atoms with Gasteiger partial charge in [0.15, 0.2) is 0 Å². The van der Waals surface area contributed by atoms with Crippen LogP contribution in [0.25, 0.3) is 0 Å². The predicted molar refractivity (Wildman–Crippen MR) is 94.3 cm³/mol. The van der Waals surface area contributed by atoms with E-state index >= 15 is 0 Å². The van der Waals surface area contributed by atoms with Crippen molar-refractivity contribution in [2.45, 2.75) is 59.2 Å². The third kappa shape index (κ3) is 4.99. The van der Waals surface area contributed by atoms with Crippen LogP contribution in [0.3, 0.4) is 0 Å². The van der Waals surface area contributed by atoms with Gasteiger partial charge >= 0.3 is 0 Å². The molecule has 5 nitrogen and oxygen atoms in total. The van der Waals surface area contributed by atoms with Crippen LogP contribution in [0, 0.1) is 6.92 Å². The molecule has 1 aromatic heterocycles. The standard InChI is InChI=1S/C17H29N3O2S/c1-11-9-20(10-12(2)22-11)8-7-18-15(21)14-13(3)19-16(23-14)17(4,5)6/h11-12H,7-10H2,1-6H3,(H,18,21)/t11-,12-/m1/s1. The Bertz CT molecular complexity index is 541. The fraction of sp³-hybridized carbons (Fsp3) is 0.765. The highest BCUT2D eigenvalue weighted by Gasteiger charge is 2.24. The minimum Gasteiger partial charge on any atom is -0.373 e. The zero-order valence-electron chi connectivity index (χ0n) is 15.1. The number of morpholine rings is 1. The minimum atomic E-state index is -0.0198. The van der Waals surface area contributed by atoms with E-state index in [0.29, 0.717) is 6.54 Å². The number of rotatable bonds is 4. The van der Waals surface area contributed by atoms with Crippen LogP contribution >= 0.6 is 11.3 Å². The van der Waals surface area contributed by atoms with Crippen molar-refractivity contribution < 1.29 is 9.53 Å². The number of carbonyl (C=O) groups is 1. The molecule has 1 aromatic rings. The third-order valence-electron chi connectivity index (χ3n) is 3.85. The molecule has 1 saturated heterocycles. The number of hydrogen-bond donors (Lipinski definition) is 1. The summed E-state index contributed by atoms with van der Waals surface area (Å²) in [7, 11) is 0. The smallest absolute Gasteiger partial charge is 0.263 e. The predicted octanol–water partition coefficient (Wildman–Crippen LogP) is 2.59. The van der Waals surface area contributed by atoms with Crippen molar-refractivity contribution in [3.05, 3.63) is 15.6 Å². The first-order valence-electron chi connectivity index (χ1n) is 8.30. The van der Waals surface area contributed by atoms with Crippen molar-refractivity contribution in [2.75, 3.05) is 26.2 Å². The lowest BCUT2D eigenvalue weighted by atomic mass is 9.98. The summed E-state index contributed by atoms with van der Waals surface area (Å²) in [5, 5.41) is 4.04. The molecule has 0 aliphatic carbocycles. The van der Waals surface area contributed by atoms with Gasteiger partial charge in [-0.15, -0.1) is 11.3 Å². The van der Waals surface area contributed by atoms with Gasteiger partial charge in [0, 0.05) is 31.6 Å². The van der Waals surface area contributed by atoms with E-state index in [-0.39, 0.29) is 23.5 Å². The molecule has 0 radical (unpaired) electrons. The van der Waals surface area contributed by atoms with Crippen LogP contribution in [-0.4, -0.2) is 54.2 Å². The Morgan fingerprint density at radius 1 is 1.35 bits per heavy atom. The molecule has 1 aliphatic heterocycles. The Balaban J connectivity index is 1.87. The Hall–Kier alpha value is -0.980. The second-order valence-electron chi connectivity index (χ2n) is 7.46. The van der Waals surface area contributed by atoms with Gasteiger partial charge < -0.3 is 10.1 Å². The van der Waals surface area contributed by atoms with Gasteiger partial charge in [-0.3, -0.25) is 9.69 Å². The van der Waals surface area contributed by atoms with Crippen molar-refractivity contribution in [3.63, 3.8) is 0 Å². The van der Waals surface area contributed by atoms with E-state index in [1.54, 1.807) is 0 Å². The first-order valence-corrected chi connectivity index (χ1v) is 9.12.